The third kappa shape index (κ3) is 2.62. The molecule has 0 aliphatic carbocycles. The van der Waals surface area contributed by atoms with Crippen molar-refractivity contribution < 1.29 is 14.9 Å². The number of rotatable bonds is 2. The molecule has 1 unspecified atom stereocenters. The number of aliphatic hydroxyl groups excluding tert-OH is 2. The van der Waals surface area contributed by atoms with E-state index in [1.165, 1.54) is 13.1 Å². The van der Waals surface area contributed by atoms with Gasteiger partial charge < -0.3 is 20.7 Å². The Morgan fingerprint density at radius 3 is 2.81 bits per heavy atom. The van der Waals surface area contributed by atoms with Gasteiger partial charge in [0.05, 0.1) is 6.10 Å². The highest BCUT2D eigenvalue weighted by Gasteiger charge is 2.55. The number of hydrogen-bond acceptors (Lipinski definition) is 6. The zero-order valence-corrected chi connectivity index (χ0v) is 11.7. The lowest BCUT2D eigenvalue weighted by atomic mass is 9.90. The van der Waals surface area contributed by atoms with Gasteiger partial charge in [0, 0.05) is 17.6 Å². The second-order valence-electron chi connectivity index (χ2n) is 4.81. The molecule has 0 spiro atoms. The topological polar surface area (TPSA) is 131 Å². The number of nitrogens with two attached hydrogens (primary N) is 1. The summed E-state index contributed by atoms with van der Waals surface area (Å²) in [6, 6.07) is 1.10. The van der Waals surface area contributed by atoms with Gasteiger partial charge in [-0.1, -0.05) is 5.92 Å². The average Bonchev–Trinajstić information content (AvgIpc) is 2.64. The van der Waals surface area contributed by atoms with E-state index in [4.69, 9.17) is 22.1 Å². The van der Waals surface area contributed by atoms with Gasteiger partial charge in [0.15, 0.2) is 11.8 Å². The number of aromatic nitrogens is 2. The zero-order chi connectivity index (χ0) is 15.8. The Morgan fingerprint density at radius 2 is 2.29 bits per heavy atom. The molecule has 2 rings (SSSR count). The van der Waals surface area contributed by atoms with Crippen molar-refractivity contribution in [1.29, 1.82) is 0 Å². The number of ether oxygens (including phenoxy) is 1. The number of H-pyrrole nitrogens is 1. The summed E-state index contributed by atoms with van der Waals surface area (Å²) in [5.74, 6) is 2.40. The monoisotopic (exact) mass is 315 g/mol. The summed E-state index contributed by atoms with van der Waals surface area (Å²) in [5.41, 5.74) is 2.94. The molecule has 1 aliphatic heterocycles. The van der Waals surface area contributed by atoms with Gasteiger partial charge in [-0.15, -0.1) is 0 Å². The molecule has 1 fully saturated rings. The molecule has 0 amide bonds. The summed E-state index contributed by atoms with van der Waals surface area (Å²) in [4.78, 5) is 25.0. The van der Waals surface area contributed by atoms with E-state index >= 15 is 0 Å². The molecule has 1 aromatic heterocycles. The van der Waals surface area contributed by atoms with Crippen LogP contribution in [0.5, 0.6) is 0 Å². The highest BCUT2D eigenvalue weighted by molar-refractivity contribution is 6.30. The van der Waals surface area contributed by atoms with Crippen LogP contribution in [0.4, 0.5) is 0 Å². The van der Waals surface area contributed by atoms with Crippen molar-refractivity contribution in [2.75, 3.05) is 0 Å². The van der Waals surface area contributed by atoms with E-state index in [9.17, 15) is 19.8 Å². The lowest BCUT2D eigenvalue weighted by Crippen LogP contribution is -2.55. The van der Waals surface area contributed by atoms with E-state index in [1.54, 1.807) is 0 Å². The van der Waals surface area contributed by atoms with E-state index in [1.807, 2.05) is 4.98 Å². The molecule has 8 nitrogen and oxygen atoms in total. The van der Waals surface area contributed by atoms with Crippen molar-refractivity contribution in [3.8, 4) is 11.3 Å². The summed E-state index contributed by atoms with van der Waals surface area (Å²) in [6.07, 6.45) is -3.55. The van der Waals surface area contributed by atoms with Crippen LogP contribution in [0.1, 0.15) is 13.2 Å². The van der Waals surface area contributed by atoms with Crippen LogP contribution < -0.4 is 17.0 Å². The maximum Gasteiger partial charge on any atom is 0.330 e. The predicted octanol–water partition coefficient (Wildman–Crippen LogP) is -1.93. The molecular formula is C12H14ClN3O5. The molecule has 0 radical (unpaired) electrons. The zero-order valence-electron chi connectivity index (χ0n) is 11.0. The molecular weight excluding hydrogens is 302 g/mol. The van der Waals surface area contributed by atoms with Crippen LogP contribution in [0.15, 0.2) is 21.9 Å². The molecule has 0 saturated carbocycles. The van der Waals surface area contributed by atoms with Crippen molar-refractivity contribution >= 4 is 11.6 Å². The minimum absolute atomic E-state index is 0.590. The van der Waals surface area contributed by atoms with Crippen LogP contribution in [-0.2, 0) is 4.74 Å². The Kier molecular flexibility index (Phi) is 4.22. The minimum atomic E-state index is -1.72. The summed E-state index contributed by atoms with van der Waals surface area (Å²) in [6.45, 7) is 1.40. The van der Waals surface area contributed by atoms with Crippen molar-refractivity contribution in [2.45, 2.75) is 37.0 Å². The Bertz CT molecular complexity index is 703. The van der Waals surface area contributed by atoms with Crippen LogP contribution in [0.2, 0.25) is 0 Å². The van der Waals surface area contributed by atoms with Crippen LogP contribution in [0, 0.1) is 11.3 Å². The average molecular weight is 316 g/mol. The Balaban J connectivity index is 2.56. The first kappa shape index (κ1) is 15.8. The smallest absolute Gasteiger partial charge is 0.330 e. The standard InChI is InChI=1S/C12H14ClN3O5/c1-6(17)8-9(19)12(14,3-4-13)10(21-8)16-5-2-7(18)15-11(16)20/h2,5-6,8-10,17,19H,14H2,1H3,(H,15,18,20)/t6-,8-,9?,10-,12-/m1/s1. The normalized spacial score (nSPS) is 33.3. The van der Waals surface area contributed by atoms with E-state index in [-0.39, 0.29) is 0 Å². The number of aromatic amines is 1. The number of halogens is 1. The third-order valence-corrected chi connectivity index (χ3v) is 3.43. The molecule has 1 aliphatic rings. The molecule has 5 atom stereocenters. The molecule has 0 aromatic carbocycles. The minimum Gasteiger partial charge on any atom is -0.391 e. The first-order chi connectivity index (χ1) is 9.81. The molecule has 2 heterocycles. The molecule has 0 bridgehead atoms. The summed E-state index contributed by atoms with van der Waals surface area (Å²) in [5, 5.41) is 21.9. The quantitative estimate of drug-likeness (QED) is 0.470. The number of hydrogen-bond donors (Lipinski definition) is 4. The Labute approximate surface area is 124 Å². The SMILES string of the molecule is C[C@@H](O)[C@H]1O[C@@H](n2ccc(=O)[nH]c2=O)[C@@](N)(C#CCl)C1O. The third-order valence-electron chi connectivity index (χ3n) is 3.34. The molecule has 9 heteroatoms. The van der Waals surface area contributed by atoms with Crippen molar-refractivity contribution in [1.82, 2.24) is 9.55 Å². The molecule has 21 heavy (non-hydrogen) atoms. The maximum atomic E-state index is 11.8. The van der Waals surface area contributed by atoms with Gasteiger partial charge in [-0.05, 0) is 18.5 Å². The predicted molar refractivity (Wildman–Crippen MR) is 73.5 cm³/mol. The van der Waals surface area contributed by atoms with Crippen molar-refractivity contribution in [3.63, 3.8) is 0 Å². The fourth-order valence-corrected chi connectivity index (χ4v) is 2.42. The van der Waals surface area contributed by atoms with E-state index in [2.05, 4.69) is 11.3 Å². The van der Waals surface area contributed by atoms with Gasteiger partial charge in [0.1, 0.15) is 12.2 Å². The van der Waals surface area contributed by atoms with E-state index in [0.717, 1.165) is 10.6 Å². The lowest BCUT2D eigenvalue weighted by Gasteiger charge is -2.27. The van der Waals surface area contributed by atoms with Gasteiger partial charge >= 0.3 is 5.69 Å². The van der Waals surface area contributed by atoms with Crippen LogP contribution in [-0.4, -0.2) is 43.6 Å². The lowest BCUT2D eigenvalue weighted by molar-refractivity contribution is -0.0778. The molecule has 5 N–H and O–H groups in total. The fourth-order valence-electron chi connectivity index (χ4n) is 2.26. The summed E-state index contributed by atoms with van der Waals surface area (Å²) in [7, 11) is 0. The second-order valence-corrected chi connectivity index (χ2v) is 5.00. The van der Waals surface area contributed by atoms with Gasteiger partial charge in [-0.25, -0.2) is 4.79 Å². The van der Waals surface area contributed by atoms with Crippen LogP contribution in [0.25, 0.3) is 0 Å². The van der Waals surface area contributed by atoms with Crippen molar-refractivity contribution in [3.05, 3.63) is 33.1 Å². The highest BCUT2D eigenvalue weighted by Crippen LogP contribution is 2.36. The number of nitrogens with one attached hydrogen (secondary N) is 1. The molecule has 114 valence electrons. The van der Waals surface area contributed by atoms with Crippen molar-refractivity contribution in [2.24, 2.45) is 5.73 Å². The number of aliphatic hydroxyl groups is 2. The largest absolute Gasteiger partial charge is 0.391 e. The first-order valence-corrected chi connectivity index (χ1v) is 6.44. The molecule has 1 aromatic rings. The molecule has 1 saturated heterocycles. The fraction of sp³-hybridized carbons (Fsp3) is 0.500. The van der Waals surface area contributed by atoms with E-state index in [0.29, 0.717) is 0 Å². The van der Waals surface area contributed by atoms with Gasteiger partial charge in [-0.2, -0.15) is 0 Å². The second kappa shape index (κ2) is 5.63. The Morgan fingerprint density at radius 1 is 1.62 bits per heavy atom. The summed E-state index contributed by atoms with van der Waals surface area (Å²) >= 11 is 5.37. The Hall–Kier alpha value is -1.63. The first-order valence-electron chi connectivity index (χ1n) is 6.06. The highest BCUT2D eigenvalue weighted by atomic mass is 35.5. The van der Waals surface area contributed by atoms with Gasteiger partial charge in [-0.3, -0.25) is 14.3 Å². The van der Waals surface area contributed by atoms with E-state index < -0.39 is 41.3 Å². The summed E-state index contributed by atoms with van der Waals surface area (Å²) < 4.78 is 6.45. The van der Waals surface area contributed by atoms with Gasteiger partial charge in [0.25, 0.3) is 5.56 Å². The number of nitrogens with zero attached hydrogens (tertiary/aromatic N) is 1. The van der Waals surface area contributed by atoms with Crippen LogP contribution in [0.3, 0.4) is 0 Å². The maximum absolute atomic E-state index is 11.8. The van der Waals surface area contributed by atoms with Gasteiger partial charge in [0.2, 0.25) is 0 Å². The van der Waals surface area contributed by atoms with Crippen LogP contribution >= 0.6 is 11.6 Å².